The molecule has 0 aromatic heterocycles. The largest absolute Gasteiger partial charge is 0.326 e. The van der Waals surface area contributed by atoms with Crippen LogP contribution in [0.4, 0.5) is 11.4 Å². The van der Waals surface area contributed by atoms with Crippen LogP contribution in [-0.2, 0) is 21.4 Å². The Balaban J connectivity index is 1.31. The Kier molecular flexibility index (Phi) is 7.64. The van der Waals surface area contributed by atoms with E-state index in [-0.39, 0.29) is 21.8 Å². The highest BCUT2D eigenvalue weighted by Crippen LogP contribution is 2.53. The van der Waals surface area contributed by atoms with Crippen molar-refractivity contribution in [2.24, 2.45) is 11.3 Å². The molecule has 38 heavy (non-hydrogen) atoms. The van der Waals surface area contributed by atoms with E-state index in [4.69, 9.17) is 0 Å². The van der Waals surface area contributed by atoms with Crippen molar-refractivity contribution in [2.45, 2.75) is 87.7 Å². The van der Waals surface area contributed by atoms with Gasteiger partial charge in [0.2, 0.25) is 5.91 Å². The normalized spacial score (nSPS) is 24.7. The molecule has 2 N–H and O–H groups in total. The van der Waals surface area contributed by atoms with Crippen molar-refractivity contribution in [1.29, 1.82) is 0 Å². The van der Waals surface area contributed by atoms with Crippen LogP contribution >= 0.6 is 11.8 Å². The standard InChI is InChI=1S/C29H37N3O4S2/c1-19-16-29(11-4-5-12-29)17-25(37-21(19)3)15-28(34)31-24-10-9-23-18-30-32(27(23)14-24)38(35,36)26-8-6-7-22(13-26)20(2)33/h6-10,13-14,19,21,25,30H,4-5,11-12,15-18H2,1-3H3,(H,31,34). The molecule has 0 bridgehead atoms. The number of nitrogens with one attached hydrogen (secondary N) is 2. The highest BCUT2D eigenvalue weighted by atomic mass is 32.2. The number of ketones is 1. The first kappa shape index (κ1) is 27.2. The quantitative estimate of drug-likeness (QED) is 0.430. The number of amides is 1. The average Bonchev–Trinajstić information content (AvgIpc) is 3.48. The van der Waals surface area contributed by atoms with Crippen LogP contribution < -0.4 is 15.2 Å². The number of thioether (sulfide) groups is 1. The second-order valence-corrected chi connectivity index (χ2v) is 14.8. The van der Waals surface area contributed by atoms with Gasteiger partial charge in [-0.15, -0.1) is 0 Å². The molecule has 1 saturated heterocycles. The summed E-state index contributed by atoms with van der Waals surface area (Å²) in [7, 11) is -3.95. The third-order valence-corrected chi connectivity index (χ3v) is 11.7. The van der Waals surface area contributed by atoms with Crippen molar-refractivity contribution in [3.05, 3.63) is 53.6 Å². The molecule has 1 spiro atoms. The highest BCUT2D eigenvalue weighted by Gasteiger charge is 2.42. The summed E-state index contributed by atoms with van der Waals surface area (Å²) in [6.45, 7) is 6.41. The van der Waals surface area contributed by atoms with Crippen molar-refractivity contribution in [2.75, 3.05) is 9.73 Å². The van der Waals surface area contributed by atoms with Crippen LogP contribution in [0, 0.1) is 11.3 Å². The van der Waals surface area contributed by atoms with E-state index in [1.807, 2.05) is 23.9 Å². The van der Waals surface area contributed by atoms with Crippen molar-refractivity contribution in [3.8, 4) is 0 Å². The minimum Gasteiger partial charge on any atom is -0.326 e. The smallest absolute Gasteiger partial charge is 0.277 e. The Bertz CT molecular complexity index is 1340. The molecule has 2 heterocycles. The summed E-state index contributed by atoms with van der Waals surface area (Å²) >= 11 is 1.96. The van der Waals surface area contributed by atoms with Crippen LogP contribution in [0.15, 0.2) is 47.4 Å². The molecule has 1 amide bonds. The highest BCUT2D eigenvalue weighted by molar-refractivity contribution is 8.00. The van der Waals surface area contributed by atoms with Crippen LogP contribution in [0.1, 0.15) is 81.6 Å². The van der Waals surface area contributed by atoms with E-state index in [1.54, 1.807) is 18.2 Å². The number of anilines is 2. The van der Waals surface area contributed by atoms with E-state index >= 15 is 0 Å². The second kappa shape index (κ2) is 10.7. The lowest BCUT2D eigenvalue weighted by Gasteiger charge is -2.31. The maximum Gasteiger partial charge on any atom is 0.277 e. The minimum atomic E-state index is -3.95. The number of fused-ring (bicyclic) bond motifs is 1. The van der Waals surface area contributed by atoms with Gasteiger partial charge >= 0.3 is 0 Å². The number of sulfonamides is 1. The van der Waals surface area contributed by atoms with Crippen LogP contribution in [0.5, 0.6) is 0 Å². The topological polar surface area (TPSA) is 95.6 Å². The van der Waals surface area contributed by atoms with Gasteiger partial charge in [-0.05, 0) is 73.8 Å². The van der Waals surface area contributed by atoms with Gasteiger partial charge in [-0.2, -0.15) is 24.6 Å². The summed E-state index contributed by atoms with van der Waals surface area (Å²) in [6.07, 6.45) is 7.97. The summed E-state index contributed by atoms with van der Waals surface area (Å²) in [6, 6.07) is 11.4. The molecule has 2 fully saturated rings. The van der Waals surface area contributed by atoms with E-state index in [0.717, 1.165) is 16.4 Å². The molecule has 2 aromatic carbocycles. The van der Waals surface area contributed by atoms with Crippen molar-refractivity contribution < 1.29 is 18.0 Å². The number of hydrazine groups is 1. The van der Waals surface area contributed by atoms with E-state index in [2.05, 4.69) is 24.6 Å². The Morgan fingerprint density at radius 3 is 2.61 bits per heavy atom. The first-order valence-corrected chi connectivity index (χ1v) is 15.9. The Hall–Kier alpha value is -2.36. The van der Waals surface area contributed by atoms with E-state index < -0.39 is 10.0 Å². The van der Waals surface area contributed by atoms with E-state index in [1.165, 1.54) is 51.2 Å². The van der Waals surface area contributed by atoms with Gasteiger partial charge in [0.15, 0.2) is 5.78 Å². The molecule has 3 atom stereocenters. The molecule has 9 heteroatoms. The first-order chi connectivity index (χ1) is 18.1. The predicted octanol–water partition coefficient (Wildman–Crippen LogP) is 5.91. The number of hydrogen-bond donors (Lipinski definition) is 2. The molecular formula is C29H37N3O4S2. The van der Waals surface area contributed by atoms with Gasteiger partial charge in [0, 0.05) is 34.7 Å². The zero-order chi connectivity index (χ0) is 27.1. The summed E-state index contributed by atoms with van der Waals surface area (Å²) in [5.41, 5.74) is 5.54. The molecule has 1 saturated carbocycles. The number of carbonyl (C=O) groups excluding carboxylic acids is 2. The molecule has 1 aliphatic carbocycles. The molecule has 7 nitrogen and oxygen atoms in total. The van der Waals surface area contributed by atoms with Gasteiger partial charge < -0.3 is 5.32 Å². The molecule has 204 valence electrons. The zero-order valence-corrected chi connectivity index (χ0v) is 24.0. The van der Waals surface area contributed by atoms with Crippen LogP contribution in [0.3, 0.4) is 0 Å². The number of hydrogen-bond acceptors (Lipinski definition) is 6. The third-order valence-electron chi connectivity index (χ3n) is 8.48. The molecule has 2 aromatic rings. The van der Waals surface area contributed by atoms with Gasteiger partial charge in [-0.25, -0.2) is 5.43 Å². The lowest BCUT2D eigenvalue weighted by molar-refractivity contribution is -0.116. The predicted molar refractivity (Wildman–Crippen MR) is 153 cm³/mol. The number of benzene rings is 2. The Morgan fingerprint density at radius 1 is 1.11 bits per heavy atom. The fourth-order valence-electron chi connectivity index (χ4n) is 6.39. The van der Waals surface area contributed by atoms with Crippen LogP contribution in [-0.4, -0.2) is 30.6 Å². The van der Waals surface area contributed by atoms with Gasteiger partial charge in [-0.3, -0.25) is 9.59 Å². The second-order valence-electron chi connectivity index (χ2n) is 11.3. The van der Waals surface area contributed by atoms with Gasteiger partial charge in [0.1, 0.15) is 0 Å². The SMILES string of the molecule is CC(=O)c1cccc(S(=O)(=O)N2NCc3ccc(NC(=O)CC4CC5(CCCC5)CC(C)C(C)S4)cc32)c1. The zero-order valence-electron chi connectivity index (χ0n) is 22.3. The fourth-order valence-corrected chi connectivity index (χ4v) is 9.46. The minimum absolute atomic E-state index is 0.0353. The van der Waals surface area contributed by atoms with Crippen LogP contribution in [0.25, 0.3) is 0 Å². The average molecular weight is 556 g/mol. The van der Waals surface area contributed by atoms with E-state index in [9.17, 15) is 18.0 Å². The van der Waals surface area contributed by atoms with Gasteiger partial charge in [0.25, 0.3) is 10.0 Å². The Labute approximate surface area is 230 Å². The van der Waals surface area contributed by atoms with Gasteiger partial charge in [0.05, 0.1) is 10.6 Å². The monoisotopic (exact) mass is 555 g/mol. The molecule has 2 aliphatic heterocycles. The Morgan fingerprint density at radius 2 is 1.87 bits per heavy atom. The summed E-state index contributed by atoms with van der Waals surface area (Å²) in [5.74, 6) is 0.419. The number of nitrogens with zero attached hydrogens (tertiary/aromatic N) is 1. The van der Waals surface area contributed by atoms with Gasteiger partial charge in [-0.1, -0.05) is 44.9 Å². The van der Waals surface area contributed by atoms with Crippen LogP contribution in [0.2, 0.25) is 0 Å². The maximum atomic E-state index is 13.4. The molecule has 0 radical (unpaired) electrons. The first-order valence-electron chi connectivity index (χ1n) is 13.5. The summed E-state index contributed by atoms with van der Waals surface area (Å²) < 4.78 is 28.0. The fraction of sp³-hybridized carbons (Fsp3) is 0.517. The van der Waals surface area contributed by atoms with Crippen molar-refractivity contribution in [3.63, 3.8) is 0 Å². The molecule has 5 rings (SSSR count). The number of rotatable bonds is 6. The van der Waals surface area contributed by atoms with Crippen molar-refractivity contribution >= 4 is 44.9 Å². The maximum absolute atomic E-state index is 13.4. The summed E-state index contributed by atoms with van der Waals surface area (Å²) in [5, 5.41) is 3.85. The van der Waals surface area contributed by atoms with Crippen molar-refractivity contribution in [1.82, 2.24) is 5.43 Å². The number of carbonyl (C=O) groups is 2. The lowest BCUT2D eigenvalue weighted by Crippen LogP contribution is -2.38. The molecule has 3 unspecified atom stereocenters. The number of Topliss-reactive ketones (excluding diaryl/α,β-unsaturated/α-hetero) is 1. The lowest BCUT2D eigenvalue weighted by atomic mass is 9.74. The summed E-state index contributed by atoms with van der Waals surface area (Å²) in [4.78, 5) is 25.0. The third kappa shape index (κ3) is 5.51. The van der Waals surface area contributed by atoms with E-state index in [0.29, 0.717) is 46.5 Å². The molecule has 3 aliphatic rings. The molecular weight excluding hydrogens is 518 g/mol.